The smallest absolute Gasteiger partial charge is 0.151 e. The summed E-state index contributed by atoms with van der Waals surface area (Å²) in [4.78, 5) is 4.96. The predicted octanol–water partition coefficient (Wildman–Crippen LogP) is 1.31. The lowest BCUT2D eigenvalue weighted by Gasteiger charge is -2.36. The van der Waals surface area contributed by atoms with Crippen molar-refractivity contribution in [3.05, 3.63) is 17.5 Å². The number of piperazine rings is 1. The Morgan fingerprint density at radius 1 is 1.32 bits per heavy atom. The van der Waals surface area contributed by atoms with Crippen molar-refractivity contribution in [3.63, 3.8) is 0 Å². The van der Waals surface area contributed by atoms with Gasteiger partial charge in [0.15, 0.2) is 5.76 Å². The Bertz CT molecular complexity index is 369. The van der Waals surface area contributed by atoms with E-state index in [2.05, 4.69) is 47.1 Å². The molecule has 1 fully saturated rings. The van der Waals surface area contributed by atoms with Crippen molar-refractivity contribution in [2.75, 3.05) is 32.7 Å². The lowest BCUT2D eigenvalue weighted by atomic mass is 10.2. The Kier molecular flexibility index (Phi) is 5.36. The van der Waals surface area contributed by atoms with Crippen molar-refractivity contribution in [1.82, 2.24) is 20.3 Å². The van der Waals surface area contributed by atoms with E-state index in [1.54, 1.807) is 0 Å². The molecule has 0 atom stereocenters. The Hall–Kier alpha value is -0.910. The van der Waals surface area contributed by atoms with Crippen LogP contribution in [-0.2, 0) is 13.1 Å². The predicted molar refractivity (Wildman–Crippen MR) is 75.9 cm³/mol. The molecule has 1 aromatic rings. The Morgan fingerprint density at radius 2 is 2.05 bits per heavy atom. The molecule has 1 aliphatic heterocycles. The number of nitrogens with one attached hydrogen (secondary N) is 1. The highest BCUT2D eigenvalue weighted by Crippen LogP contribution is 2.11. The van der Waals surface area contributed by atoms with Crippen LogP contribution in [0, 0.1) is 0 Å². The summed E-state index contributed by atoms with van der Waals surface area (Å²) in [7, 11) is 0. The maximum atomic E-state index is 5.39. The molecule has 1 aliphatic rings. The number of hydrogen-bond donors (Lipinski definition) is 1. The van der Waals surface area contributed by atoms with Gasteiger partial charge in [0.1, 0.15) is 0 Å². The summed E-state index contributed by atoms with van der Waals surface area (Å²) in [5.41, 5.74) is 0.998. The highest BCUT2D eigenvalue weighted by molar-refractivity contribution is 5.05. The third-order valence-electron chi connectivity index (χ3n) is 3.68. The average molecular weight is 266 g/mol. The first-order valence-electron chi connectivity index (χ1n) is 7.30. The summed E-state index contributed by atoms with van der Waals surface area (Å²) in [6.45, 7) is 13.8. The largest absolute Gasteiger partial charge is 0.360 e. The van der Waals surface area contributed by atoms with Gasteiger partial charge >= 0.3 is 0 Å². The topological polar surface area (TPSA) is 44.5 Å². The normalized spacial score (nSPS) is 18.3. The van der Waals surface area contributed by atoms with Crippen molar-refractivity contribution < 1.29 is 4.52 Å². The lowest BCUT2D eigenvalue weighted by molar-refractivity contribution is 0.0973. The number of hydrogen-bond acceptors (Lipinski definition) is 5. The van der Waals surface area contributed by atoms with Gasteiger partial charge in [0.25, 0.3) is 0 Å². The zero-order valence-electron chi connectivity index (χ0n) is 12.4. The molecule has 5 heteroatoms. The zero-order valence-corrected chi connectivity index (χ0v) is 12.4. The average Bonchev–Trinajstić information content (AvgIpc) is 2.84. The molecule has 0 radical (unpaired) electrons. The molecule has 1 saturated heterocycles. The number of rotatable bonds is 6. The van der Waals surface area contributed by atoms with Gasteiger partial charge in [0.2, 0.25) is 0 Å². The van der Waals surface area contributed by atoms with Gasteiger partial charge in [0.05, 0.1) is 12.2 Å². The van der Waals surface area contributed by atoms with E-state index in [0.29, 0.717) is 6.04 Å². The van der Waals surface area contributed by atoms with E-state index in [9.17, 15) is 0 Å². The quantitative estimate of drug-likeness (QED) is 0.841. The van der Waals surface area contributed by atoms with Crippen molar-refractivity contribution in [2.45, 2.75) is 39.9 Å². The molecule has 0 bridgehead atoms. The maximum Gasteiger partial charge on any atom is 0.151 e. The molecule has 0 unspecified atom stereocenters. The minimum absolute atomic E-state index is 0.652. The third kappa shape index (κ3) is 4.30. The molecular weight excluding hydrogens is 240 g/mol. The SMILES string of the molecule is CCNCc1cc(CN2CCN(C(C)C)CC2)on1. The minimum atomic E-state index is 0.652. The standard InChI is InChI=1S/C14H26N4O/c1-4-15-10-13-9-14(19-16-13)11-17-5-7-18(8-6-17)12(2)3/h9,12,15H,4-8,10-11H2,1-3H3. The van der Waals surface area contributed by atoms with E-state index in [0.717, 1.165) is 57.3 Å². The molecule has 1 aromatic heterocycles. The summed E-state index contributed by atoms with van der Waals surface area (Å²) in [6.07, 6.45) is 0. The molecule has 0 saturated carbocycles. The molecule has 5 nitrogen and oxygen atoms in total. The molecule has 0 spiro atoms. The summed E-state index contributed by atoms with van der Waals surface area (Å²) < 4.78 is 5.39. The van der Waals surface area contributed by atoms with Crippen LogP contribution in [0.4, 0.5) is 0 Å². The van der Waals surface area contributed by atoms with E-state index in [1.165, 1.54) is 0 Å². The molecule has 1 N–H and O–H groups in total. The van der Waals surface area contributed by atoms with Crippen molar-refractivity contribution >= 4 is 0 Å². The maximum absolute atomic E-state index is 5.39. The van der Waals surface area contributed by atoms with Gasteiger partial charge in [-0.1, -0.05) is 12.1 Å². The van der Waals surface area contributed by atoms with Crippen LogP contribution in [0.3, 0.4) is 0 Å². The second kappa shape index (κ2) is 7.03. The van der Waals surface area contributed by atoms with Crippen LogP contribution in [-0.4, -0.2) is 53.7 Å². The van der Waals surface area contributed by atoms with Crippen molar-refractivity contribution in [3.8, 4) is 0 Å². The fourth-order valence-corrected chi connectivity index (χ4v) is 2.42. The van der Waals surface area contributed by atoms with Crippen LogP contribution in [0.5, 0.6) is 0 Å². The monoisotopic (exact) mass is 266 g/mol. The zero-order chi connectivity index (χ0) is 13.7. The molecule has 19 heavy (non-hydrogen) atoms. The van der Waals surface area contributed by atoms with Crippen LogP contribution >= 0.6 is 0 Å². The Morgan fingerprint density at radius 3 is 2.68 bits per heavy atom. The summed E-state index contributed by atoms with van der Waals surface area (Å²) >= 11 is 0. The number of aromatic nitrogens is 1. The van der Waals surface area contributed by atoms with Gasteiger partial charge < -0.3 is 9.84 Å². The lowest BCUT2D eigenvalue weighted by Crippen LogP contribution is -2.48. The highest BCUT2D eigenvalue weighted by Gasteiger charge is 2.19. The van der Waals surface area contributed by atoms with Crippen LogP contribution in [0.2, 0.25) is 0 Å². The molecule has 0 aliphatic carbocycles. The highest BCUT2D eigenvalue weighted by atomic mass is 16.5. The summed E-state index contributed by atoms with van der Waals surface area (Å²) in [5.74, 6) is 0.978. The van der Waals surface area contributed by atoms with E-state index >= 15 is 0 Å². The first-order valence-corrected chi connectivity index (χ1v) is 7.30. The fraction of sp³-hybridized carbons (Fsp3) is 0.786. The summed E-state index contributed by atoms with van der Waals surface area (Å²) in [5, 5.41) is 7.34. The van der Waals surface area contributed by atoms with Gasteiger partial charge in [-0.15, -0.1) is 0 Å². The third-order valence-corrected chi connectivity index (χ3v) is 3.68. The second-order valence-corrected chi connectivity index (χ2v) is 5.47. The minimum Gasteiger partial charge on any atom is -0.360 e. The molecular formula is C14H26N4O. The molecule has 108 valence electrons. The van der Waals surface area contributed by atoms with Crippen molar-refractivity contribution in [2.24, 2.45) is 0 Å². The number of nitrogens with zero attached hydrogens (tertiary/aromatic N) is 3. The second-order valence-electron chi connectivity index (χ2n) is 5.47. The molecule has 2 heterocycles. The van der Waals surface area contributed by atoms with Crippen LogP contribution in [0.25, 0.3) is 0 Å². The van der Waals surface area contributed by atoms with E-state index < -0.39 is 0 Å². The Balaban J connectivity index is 1.77. The van der Waals surface area contributed by atoms with Gasteiger partial charge in [-0.05, 0) is 20.4 Å². The van der Waals surface area contributed by atoms with Gasteiger partial charge in [0, 0.05) is 44.8 Å². The van der Waals surface area contributed by atoms with Gasteiger partial charge in [-0.3, -0.25) is 9.80 Å². The van der Waals surface area contributed by atoms with Crippen LogP contribution in [0.15, 0.2) is 10.6 Å². The van der Waals surface area contributed by atoms with E-state index in [1.807, 2.05) is 0 Å². The molecule has 2 rings (SSSR count). The van der Waals surface area contributed by atoms with Crippen LogP contribution in [0.1, 0.15) is 32.2 Å². The first kappa shape index (κ1) is 14.5. The van der Waals surface area contributed by atoms with Gasteiger partial charge in [-0.2, -0.15) is 0 Å². The fourth-order valence-electron chi connectivity index (χ4n) is 2.42. The molecule has 0 amide bonds. The van der Waals surface area contributed by atoms with E-state index in [-0.39, 0.29) is 0 Å². The molecule has 0 aromatic carbocycles. The first-order chi connectivity index (χ1) is 9.19. The summed E-state index contributed by atoms with van der Waals surface area (Å²) in [6, 6.07) is 2.72. The van der Waals surface area contributed by atoms with Crippen LogP contribution < -0.4 is 5.32 Å². The van der Waals surface area contributed by atoms with Gasteiger partial charge in [-0.25, -0.2) is 0 Å². The Labute approximate surface area is 115 Å². The van der Waals surface area contributed by atoms with E-state index in [4.69, 9.17) is 4.52 Å². The van der Waals surface area contributed by atoms with Crippen molar-refractivity contribution in [1.29, 1.82) is 0 Å².